The highest BCUT2D eigenvalue weighted by atomic mass is 16.2. The van der Waals surface area contributed by atoms with Crippen LogP contribution in [0.1, 0.15) is 41.4 Å². The van der Waals surface area contributed by atoms with Crippen LogP contribution < -0.4 is 15.1 Å². The molecule has 0 saturated heterocycles. The largest absolute Gasteiger partial charge is 0.340 e. The van der Waals surface area contributed by atoms with Crippen molar-refractivity contribution in [2.24, 2.45) is 0 Å². The second-order valence-electron chi connectivity index (χ2n) is 7.52. The number of aromatic nitrogens is 1. The molecule has 2 heterocycles. The molecule has 140 valence electrons. The Labute approximate surface area is 159 Å². The quantitative estimate of drug-likeness (QED) is 0.908. The Morgan fingerprint density at radius 1 is 1.19 bits per heavy atom. The first-order valence-corrected chi connectivity index (χ1v) is 9.32. The third-order valence-corrected chi connectivity index (χ3v) is 5.37. The minimum Gasteiger partial charge on any atom is -0.340 e. The van der Waals surface area contributed by atoms with Gasteiger partial charge < -0.3 is 15.1 Å². The molecule has 1 aromatic carbocycles. The molecule has 2 aromatic rings. The van der Waals surface area contributed by atoms with Gasteiger partial charge in [0.2, 0.25) is 5.91 Å². The molecule has 1 unspecified atom stereocenters. The first-order valence-electron chi connectivity index (χ1n) is 9.32. The van der Waals surface area contributed by atoms with E-state index in [1.165, 1.54) is 0 Å². The molecule has 1 N–H and O–H groups in total. The van der Waals surface area contributed by atoms with E-state index >= 15 is 0 Å². The normalized spacial score (nSPS) is 19.1. The van der Waals surface area contributed by atoms with E-state index in [0.29, 0.717) is 11.7 Å². The summed E-state index contributed by atoms with van der Waals surface area (Å²) in [6.45, 7) is 5.90. The van der Waals surface area contributed by atoms with Crippen LogP contribution >= 0.6 is 0 Å². The Balaban J connectivity index is 1.67. The summed E-state index contributed by atoms with van der Waals surface area (Å²) in [5.74, 6) is 0.539. The van der Waals surface area contributed by atoms with Crippen molar-refractivity contribution in [3.63, 3.8) is 0 Å². The van der Waals surface area contributed by atoms with Gasteiger partial charge in [0.15, 0.2) is 5.82 Å². The van der Waals surface area contributed by atoms with Crippen LogP contribution in [0.4, 0.5) is 17.2 Å². The zero-order valence-corrected chi connectivity index (χ0v) is 16.1. The van der Waals surface area contributed by atoms with E-state index in [4.69, 9.17) is 0 Å². The van der Waals surface area contributed by atoms with Crippen LogP contribution in [0.3, 0.4) is 0 Å². The van der Waals surface area contributed by atoms with Gasteiger partial charge in [-0.15, -0.1) is 0 Å². The Morgan fingerprint density at radius 2 is 1.93 bits per heavy atom. The van der Waals surface area contributed by atoms with Gasteiger partial charge in [0.05, 0.1) is 5.69 Å². The van der Waals surface area contributed by atoms with Crippen molar-refractivity contribution in [3.05, 3.63) is 47.2 Å². The first kappa shape index (κ1) is 17.5. The number of carbonyl (C=O) groups is 2. The first-order chi connectivity index (χ1) is 12.9. The van der Waals surface area contributed by atoms with Crippen molar-refractivity contribution in [1.82, 2.24) is 4.98 Å². The number of hydrogen-bond donors (Lipinski definition) is 1. The Bertz CT molecular complexity index is 936. The number of nitrogens with zero attached hydrogens (tertiary/aromatic N) is 3. The van der Waals surface area contributed by atoms with Crippen molar-refractivity contribution in [2.75, 3.05) is 22.2 Å². The molecular weight excluding hydrogens is 340 g/mol. The fourth-order valence-electron chi connectivity index (χ4n) is 3.70. The number of rotatable bonds is 3. The van der Waals surface area contributed by atoms with Crippen molar-refractivity contribution in [2.45, 2.75) is 45.7 Å². The van der Waals surface area contributed by atoms with Crippen LogP contribution in [0.5, 0.6) is 0 Å². The highest BCUT2D eigenvalue weighted by molar-refractivity contribution is 6.07. The lowest BCUT2D eigenvalue weighted by atomic mass is 10.1. The molecule has 0 radical (unpaired) electrons. The Kier molecular flexibility index (Phi) is 4.13. The van der Waals surface area contributed by atoms with Gasteiger partial charge in [0, 0.05) is 18.8 Å². The molecule has 6 nitrogen and oxygen atoms in total. The highest BCUT2D eigenvalue weighted by Crippen LogP contribution is 2.41. The fraction of sp³-hybridized carbons (Fsp3) is 0.381. The Hall–Kier alpha value is -2.89. The van der Waals surface area contributed by atoms with E-state index in [1.807, 2.05) is 45.0 Å². The highest BCUT2D eigenvalue weighted by Gasteiger charge is 2.42. The van der Waals surface area contributed by atoms with E-state index in [-0.39, 0.29) is 17.9 Å². The second kappa shape index (κ2) is 6.37. The molecule has 1 saturated carbocycles. The van der Waals surface area contributed by atoms with Gasteiger partial charge >= 0.3 is 0 Å². The van der Waals surface area contributed by atoms with Crippen molar-refractivity contribution >= 4 is 29.0 Å². The van der Waals surface area contributed by atoms with Crippen molar-refractivity contribution in [3.8, 4) is 0 Å². The smallest absolute Gasteiger partial charge is 0.274 e. The molecule has 1 aliphatic heterocycles. The minimum absolute atomic E-state index is 0.0590. The summed E-state index contributed by atoms with van der Waals surface area (Å²) < 4.78 is 0. The predicted octanol–water partition coefficient (Wildman–Crippen LogP) is 3.28. The van der Waals surface area contributed by atoms with E-state index in [9.17, 15) is 9.59 Å². The molecule has 1 fully saturated rings. The maximum atomic E-state index is 12.8. The van der Waals surface area contributed by atoms with E-state index in [2.05, 4.69) is 15.2 Å². The second-order valence-corrected chi connectivity index (χ2v) is 7.52. The SMILES string of the molecule is Cc1ccc(NC(=O)c2ccc3c(n2)N(C2CC2)C(C)C(=O)N3C)c(C)c1. The van der Waals surface area contributed by atoms with Crippen LogP contribution in [-0.4, -0.2) is 35.9 Å². The van der Waals surface area contributed by atoms with Gasteiger partial charge in [0.1, 0.15) is 11.7 Å². The van der Waals surface area contributed by atoms with Crippen LogP contribution in [0, 0.1) is 13.8 Å². The molecule has 1 aliphatic carbocycles. The average Bonchev–Trinajstić information content (AvgIpc) is 3.47. The number of anilines is 3. The van der Waals surface area contributed by atoms with Crippen molar-refractivity contribution in [1.29, 1.82) is 0 Å². The maximum absolute atomic E-state index is 12.8. The molecule has 1 atom stereocenters. The van der Waals surface area contributed by atoms with Gasteiger partial charge in [0.25, 0.3) is 5.91 Å². The fourth-order valence-corrected chi connectivity index (χ4v) is 3.70. The zero-order valence-electron chi connectivity index (χ0n) is 16.1. The summed E-state index contributed by atoms with van der Waals surface area (Å²) in [7, 11) is 1.76. The number of nitrogens with one attached hydrogen (secondary N) is 1. The summed E-state index contributed by atoms with van der Waals surface area (Å²) >= 11 is 0. The van der Waals surface area contributed by atoms with Crippen molar-refractivity contribution < 1.29 is 9.59 Å². The summed E-state index contributed by atoms with van der Waals surface area (Å²) in [6, 6.07) is 9.49. The third kappa shape index (κ3) is 3.05. The minimum atomic E-state index is -0.264. The van der Waals surface area contributed by atoms with Crippen LogP contribution in [-0.2, 0) is 4.79 Å². The van der Waals surface area contributed by atoms with Gasteiger partial charge in [-0.1, -0.05) is 17.7 Å². The molecule has 1 aromatic heterocycles. The molecule has 27 heavy (non-hydrogen) atoms. The van der Waals surface area contributed by atoms with Crippen LogP contribution in [0.15, 0.2) is 30.3 Å². The summed E-state index contributed by atoms with van der Waals surface area (Å²) in [5.41, 5.74) is 4.06. The molecule has 2 aliphatic rings. The maximum Gasteiger partial charge on any atom is 0.274 e. The summed E-state index contributed by atoms with van der Waals surface area (Å²) in [4.78, 5) is 33.7. The monoisotopic (exact) mass is 364 g/mol. The molecule has 2 amide bonds. The standard InChI is InChI=1S/C21H24N4O2/c1-12-5-8-16(13(2)11-12)23-20(26)17-9-10-18-19(22-17)25(15-6-7-15)14(3)21(27)24(18)4/h5,8-11,14-15H,6-7H2,1-4H3,(H,23,26). The molecule has 0 spiro atoms. The predicted molar refractivity (Wildman–Crippen MR) is 106 cm³/mol. The van der Waals surface area contributed by atoms with Gasteiger partial charge in [-0.2, -0.15) is 0 Å². The number of fused-ring (bicyclic) bond motifs is 1. The van der Waals surface area contributed by atoms with E-state index in [1.54, 1.807) is 18.0 Å². The van der Waals surface area contributed by atoms with E-state index in [0.717, 1.165) is 41.2 Å². The number of aryl methyl sites for hydroxylation is 2. The van der Waals surface area contributed by atoms with Crippen LogP contribution in [0.2, 0.25) is 0 Å². The number of amides is 2. The number of hydrogen-bond acceptors (Lipinski definition) is 4. The topological polar surface area (TPSA) is 65.5 Å². The summed E-state index contributed by atoms with van der Waals surface area (Å²) in [6.07, 6.45) is 2.11. The third-order valence-electron chi connectivity index (χ3n) is 5.37. The average molecular weight is 364 g/mol. The number of carbonyl (C=O) groups excluding carboxylic acids is 2. The van der Waals surface area contributed by atoms with E-state index < -0.39 is 0 Å². The molecule has 0 bridgehead atoms. The number of likely N-dealkylation sites (N-methyl/N-ethyl adjacent to an activating group) is 1. The molecule has 6 heteroatoms. The lowest BCUT2D eigenvalue weighted by Crippen LogP contribution is -2.52. The summed E-state index contributed by atoms with van der Waals surface area (Å²) in [5, 5.41) is 2.95. The Morgan fingerprint density at radius 3 is 2.59 bits per heavy atom. The lowest BCUT2D eigenvalue weighted by molar-refractivity contribution is -0.119. The molecular formula is C21H24N4O2. The van der Waals surface area contributed by atoms with Crippen LogP contribution in [0.25, 0.3) is 0 Å². The lowest BCUT2D eigenvalue weighted by Gasteiger charge is -2.39. The van der Waals surface area contributed by atoms with Gasteiger partial charge in [-0.25, -0.2) is 4.98 Å². The zero-order chi connectivity index (χ0) is 19.3. The molecule has 4 rings (SSSR count). The number of pyridine rings is 1. The van der Waals surface area contributed by atoms with Gasteiger partial charge in [-0.05, 0) is 57.4 Å². The van der Waals surface area contributed by atoms with Gasteiger partial charge in [-0.3, -0.25) is 9.59 Å². The number of benzene rings is 1.